The van der Waals surface area contributed by atoms with E-state index in [0.29, 0.717) is 0 Å². The maximum Gasteiger partial charge on any atom is 2.00 e. The Labute approximate surface area is 79.7 Å². The molecule has 0 N–H and O–H groups in total. The molecule has 0 rings (SSSR count). The maximum absolute atomic E-state index is 0. The Hall–Kier alpha value is 2.16. The summed E-state index contributed by atoms with van der Waals surface area (Å²) < 4.78 is 0. The van der Waals surface area contributed by atoms with Crippen LogP contribution < -0.4 is 0 Å². The molecule has 1 radical (unpaired) electrons. The minimum atomic E-state index is 0. The molecule has 0 aliphatic heterocycles. The molecular weight excluding hydrogens is 186 g/mol. The number of hydrogen-bond donors (Lipinski definition) is 0. The van der Waals surface area contributed by atoms with Crippen LogP contribution in [-0.2, 0) is 17.1 Å². The molecule has 0 saturated carbocycles. The van der Waals surface area contributed by atoms with Crippen molar-refractivity contribution in [2.75, 3.05) is 0 Å². The molecule has 0 aromatic rings. The summed E-state index contributed by atoms with van der Waals surface area (Å²) in [5.41, 5.74) is 0. The van der Waals surface area contributed by atoms with Crippen LogP contribution in [0.15, 0.2) is 0 Å². The number of hydrogen-bond acceptors (Lipinski definition) is 0. The van der Waals surface area contributed by atoms with E-state index >= 15 is 0 Å². The molecule has 35 valence electrons. The molecule has 0 nitrogen and oxygen atoms in total. The van der Waals surface area contributed by atoms with Crippen LogP contribution in [0.3, 0.4) is 0 Å². The van der Waals surface area contributed by atoms with Gasteiger partial charge >= 0.3 is 23.1 Å². The summed E-state index contributed by atoms with van der Waals surface area (Å²) in [5, 5.41) is 0. The Bertz CT molecular complexity index is 12.9. The van der Waals surface area contributed by atoms with Crippen LogP contribution in [0, 0.1) is 0 Å². The van der Waals surface area contributed by atoms with Gasteiger partial charge in [0.25, 0.3) is 0 Å². The quantitative estimate of drug-likeness (QED) is 0.502. The minimum absolute atomic E-state index is 0. The van der Waals surface area contributed by atoms with E-state index in [1.54, 1.807) is 0 Å². The van der Waals surface area contributed by atoms with E-state index in [4.69, 9.17) is 0 Å². The normalized spacial score (nSPS) is 0. The van der Waals surface area contributed by atoms with E-state index in [-0.39, 0.29) is 80.2 Å². The Morgan fingerprint density at radius 2 is 0.800 bits per heavy atom. The summed E-state index contributed by atoms with van der Waals surface area (Å²) in [6.07, 6.45) is 0. The molecule has 0 bridgehead atoms. The van der Waals surface area contributed by atoms with Crippen molar-refractivity contribution in [1.29, 1.82) is 0 Å². The summed E-state index contributed by atoms with van der Waals surface area (Å²) in [6, 6.07) is 0. The first-order chi connectivity index (χ1) is 0. The van der Waals surface area contributed by atoms with Crippen molar-refractivity contribution in [3.63, 3.8) is 0 Å². The van der Waals surface area contributed by atoms with Crippen molar-refractivity contribution in [2.24, 2.45) is 0 Å². The average molecular weight is 191 g/mol. The van der Waals surface area contributed by atoms with Crippen molar-refractivity contribution in [2.45, 2.75) is 0 Å². The van der Waals surface area contributed by atoms with Gasteiger partial charge in [-0.3, -0.25) is 0 Å². The van der Waals surface area contributed by atoms with E-state index in [9.17, 15) is 0 Å². The van der Waals surface area contributed by atoms with Crippen molar-refractivity contribution < 1.29 is 19.9 Å². The zero-order valence-electron chi connectivity index (χ0n) is 4.31. The summed E-state index contributed by atoms with van der Waals surface area (Å²) in [7, 11) is 0. The molecule has 0 aliphatic carbocycles. The first kappa shape index (κ1) is 58.3. The van der Waals surface area contributed by atoms with Gasteiger partial charge in [0.1, 0.15) is 0 Å². The second-order valence-corrected chi connectivity index (χ2v) is 0. The van der Waals surface area contributed by atoms with Crippen molar-refractivity contribution in [3.05, 3.63) is 0 Å². The van der Waals surface area contributed by atoms with Gasteiger partial charge in [0.2, 0.25) is 0 Å². The Balaban J connectivity index is 0. The Morgan fingerprint density at radius 1 is 0.800 bits per heavy atom. The van der Waals surface area contributed by atoms with Gasteiger partial charge in [-0.25, -0.2) is 0 Å². The zero-order chi connectivity index (χ0) is 0. The molecule has 0 saturated heterocycles. The molecule has 0 unspecified atom stereocenters. The Morgan fingerprint density at radius 3 is 0.800 bits per heavy atom. The minimum Gasteiger partial charge on any atom is -1.00 e. The molecule has 0 heterocycles. The molecule has 0 aromatic carbocycles. The van der Waals surface area contributed by atoms with Gasteiger partial charge in [0.05, 0.1) is 0 Å². The molecule has 0 spiro atoms. The zero-order valence-corrected chi connectivity index (χ0v) is 7.35. The standard InChI is InChI=1S/3ClH.Mg.Mn.2H/h3*1H;;;;/q;;;+2;;2*-1. The number of rotatable bonds is 0. The number of halogens is 3. The molecule has 5 heavy (non-hydrogen) atoms. The van der Waals surface area contributed by atoms with Crippen molar-refractivity contribution in [3.8, 4) is 0 Å². The third-order valence-corrected chi connectivity index (χ3v) is 0. The van der Waals surface area contributed by atoms with Gasteiger partial charge in [-0.05, 0) is 0 Å². The average Bonchev–Trinajstić information content (AvgIpc) is 0. The van der Waals surface area contributed by atoms with Crippen LogP contribution in [0.25, 0.3) is 0 Å². The largest absolute Gasteiger partial charge is 2.00 e. The maximum atomic E-state index is 0. The second kappa shape index (κ2) is 35.2. The van der Waals surface area contributed by atoms with Crippen LogP contribution in [0.2, 0.25) is 0 Å². The predicted octanol–water partition coefficient (Wildman–Crippen LogP) is 1.11. The van der Waals surface area contributed by atoms with E-state index in [1.165, 1.54) is 0 Å². The van der Waals surface area contributed by atoms with E-state index in [0.717, 1.165) is 0 Å². The van der Waals surface area contributed by atoms with Gasteiger partial charge in [-0.2, -0.15) is 0 Å². The smallest absolute Gasteiger partial charge is 1.00 e. The van der Waals surface area contributed by atoms with Crippen molar-refractivity contribution in [1.82, 2.24) is 0 Å². The van der Waals surface area contributed by atoms with Gasteiger partial charge in [0.15, 0.2) is 0 Å². The fraction of sp³-hybridized carbons (Fsp3) is 0. The van der Waals surface area contributed by atoms with Gasteiger partial charge < -0.3 is 2.85 Å². The summed E-state index contributed by atoms with van der Waals surface area (Å²) in [5.74, 6) is 0. The molecule has 0 aromatic heterocycles. The molecule has 0 atom stereocenters. The third-order valence-electron chi connectivity index (χ3n) is 0. The van der Waals surface area contributed by atoms with Crippen molar-refractivity contribution >= 4 is 60.3 Å². The van der Waals surface area contributed by atoms with Crippen LogP contribution in [0.4, 0.5) is 0 Å². The SMILES string of the molecule is Cl.Cl.Cl.[H-].[H-].[Mg+2].[Mn]. The molecular formula is H5Cl3MgMn. The fourth-order valence-electron chi connectivity index (χ4n) is 0. The van der Waals surface area contributed by atoms with Crippen LogP contribution in [0.5, 0.6) is 0 Å². The first-order valence-electron chi connectivity index (χ1n) is 0. The van der Waals surface area contributed by atoms with Gasteiger partial charge in [-0.1, -0.05) is 0 Å². The van der Waals surface area contributed by atoms with E-state index in [1.807, 2.05) is 0 Å². The van der Waals surface area contributed by atoms with E-state index < -0.39 is 0 Å². The molecule has 0 fully saturated rings. The monoisotopic (exact) mass is 189 g/mol. The van der Waals surface area contributed by atoms with Crippen LogP contribution in [0.1, 0.15) is 2.85 Å². The summed E-state index contributed by atoms with van der Waals surface area (Å²) in [6.45, 7) is 0. The van der Waals surface area contributed by atoms with Gasteiger partial charge in [0, 0.05) is 17.1 Å². The second-order valence-electron chi connectivity index (χ2n) is 0. The molecule has 0 aliphatic rings. The third kappa shape index (κ3) is 22.9. The Kier molecular flexibility index (Phi) is 411. The van der Waals surface area contributed by atoms with Crippen LogP contribution in [-0.4, -0.2) is 23.1 Å². The summed E-state index contributed by atoms with van der Waals surface area (Å²) in [4.78, 5) is 0. The first-order valence-corrected chi connectivity index (χ1v) is 0. The molecule has 5 heteroatoms. The predicted molar refractivity (Wildman–Crippen MR) is 29.7 cm³/mol. The fourth-order valence-corrected chi connectivity index (χ4v) is 0. The van der Waals surface area contributed by atoms with E-state index in [2.05, 4.69) is 0 Å². The topological polar surface area (TPSA) is 0 Å². The molecule has 0 amide bonds. The summed E-state index contributed by atoms with van der Waals surface area (Å²) >= 11 is 0. The van der Waals surface area contributed by atoms with Gasteiger partial charge in [-0.15, -0.1) is 37.2 Å². The van der Waals surface area contributed by atoms with Crippen LogP contribution >= 0.6 is 37.2 Å².